The molecule has 182 valence electrons. The number of rotatable bonds is 9. The first-order valence-corrected chi connectivity index (χ1v) is 11.6. The molecule has 0 bridgehead atoms. The first kappa shape index (κ1) is 25.8. The van der Waals surface area contributed by atoms with Crippen molar-refractivity contribution < 1.29 is 23.8 Å². The van der Waals surface area contributed by atoms with Crippen LogP contribution in [0, 0.1) is 6.92 Å². The number of hydrogen-bond acceptors (Lipinski definition) is 6. The van der Waals surface area contributed by atoms with E-state index in [0.29, 0.717) is 46.2 Å². The lowest BCUT2D eigenvalue weighted by Crippen LogP contribution is -2.32. The van der Waals surface area contributed by atoms with Crippen molar-refractivity contribution in [2.75, 3.05) is 19.0 Å². The van der Waals surface area contributed by atoms with E-state index >= 15 is 0 Å². The number of amides is 2. The molecule has 0 aliphatic carbocycles. The van der Waals surface area contributed by atoms with Crippen molar-refractivity contribution in [2.45, 2.75) is 20.5 Å². The fraction of sp³-hybridized carbons (Fsp3) is 0.192. The second-order valence-corrected chi connectivity index (χ2v) is 8.21. The molecule has 0 aliphatic heterocycles. The molecule has 0 radical (unpaired) electrons. The Balaban J connectivity index is 1.64. The molecule has 0 aromatic heterocycles. The highest BCUT2D eigenvalue weighted by molar-refractivity contribution is 9.10. The molecule has 0 saturated heterocycles. The number of hydrazone groups is 1. The van der Waals surface area contributed by atoms with Crippen molar-refractivity contribution in [2.24, 2.45) is 5.10 Å². The Hall–Kier alpha value is -3.85. The number of anilines is 1. The molecule has 2 amide bonds. The summed E-state index contributed by atoms with van der Waals surface area (Å²) in [4.78, 5) is 24.2. The van der Waals surface area contributed by atoms with Crippen molar-refractivity contribution in [3.05, 3.63) is 81.8 Å². The van der Waals surface area contributed by atoms with E-state index in [1.165, 1.54) is 6.21 Å². The summed E-state index contributed by atoms with van der Waals surface area (Å²) in [5.74, 6) is -0.0142. The van der Waals surface area contributed by atoms with Crippen molar-refractivity contribution in [1.82, 2.24) is 5.43 Å². The Bertz CT molecular complexity index is 1210. The lowest BCUT2D eigenvalue weighted by atomic mass is 10.1. The van der Waals surface area contributed by atoms with Gasteiger partial charge in [-0.3, -0.25) is 9.59 Å². The van der Waals surface area contributed by atoms with Gasteiger partial charge in [0.25, 0.3) is 0 Å². The van der Waals surface area contributed by atoms with Gasteiger partial charge in [-0.05, 0) is 82.9 Å². The highest BCUT2D eigenvalue weighted by Crippen LogP contribution is 2.37. The van der Waals surface area contributed by atoms with E-state index in [1.807, 2.05) is 38.1 Å². The molecule has 3 rings (SSSR count). The highest BCUT2D eigenvalue weighted by atomic mass is 79.9. The molecule has 2 N–H and O–H groups in total. The minimum absolute atomic E-state index is 0.387. The summed E-state index contributed by atoms with van der Waals surface area (Å²) in [6.45, 7) is 4.73. The smallest absolute Gasteiger partial charge is 0.329 e. The Kier molecular flexibility index (Phi) is 9.25. The zero-order chi connectivity index (χ0) is 25.2. The average Bonchev–Trinajstić information content (AvgIpc) is 2.85. The van der Waals surface area contributed by atoms with Crippen LogP contribution >= 0.6 is 15.9 Å². The molecule has 0 spiro atoms. The van der Waals surface area contributed by atoms with Crippen LogP contribution in [0.1, 0.15) is 23.6 Å². The lowest BCUT2D eigenvalue weighted by Gasteiger charge is -2.15. The van der Waals surface area contributed by atoms with Gasteiger partial charge >= 0.3 is 11.8 Å². The normalized spacial score (nSPS) is 10.6. The van der Waals surface area contributed by atoms with Gasteiger partial charge in [-0.25, -0.2) is 5.43 Å². The molecule has 0 aliphatic rings. The van der Waals surface area contributed by atoms with Crippen LogP contribution in [0.3, 0.4) is 0 Å². The Morgan fingerprint density at radius 3 is 2.46 bits per heavy atom. The fourth-order valence-electron chi connectivity index (χ4n) is 3.07. The number of ether oxygens (including phenoxy) is 3. The third-order valence-corrected chi connectivity index (χ3v) is 5.49. The van der Waals surface area contributed by atoms with Crippen LogP contribution < -0.4 is 25.0 Å². The van der Waals surface area contributed by atoms with E-state index in [0.717, 1.165) is 11.1 Å². The summed E-state index contributed by atoms with van der Waals surface area (Å²) in [7, 11) is 1.54. The van der Waals surface area contributed by atoms with Gasteiger partial charge in [0.15, 0.2) is 11.5 Å². The Morgan fingerprint density at radius 2 is 1.77 bits per heavy atom. The minimum Gasteiger partial charge on any atom is -0.497 e. The second-order valence-electron chi connectivity index (χ2n) is 7.36. The van der Waals surface area contributed by atoms with Crippen LogP contribution in [0.4, 0.5) is 5.69 Å². The number of carbonyl (C=O) groups is 2. The summed E-state index contributed by atoms with van der Waals surface area (Å²) in [6, 6.07) is 18.1. The van der Waals surface area contributed by atoms with Crippen LogP contribution in [0.15, 0.2) is 70.2 Å². The van der Waals surface area contributed by atoms with Gasteiger partial charge in [0.2, 0.25) is 0 Å². The zero-order valence-electron chi connectivity index (χ0n) is 19.6. The van der Waals surface area contributed by atoms with Gasteiger partial charge in [-0.2, -0.15) is 5.10 Å². The molecule has 8 nitrogen and oxygen atoms in total. The summed E-state index contributed by atoms with van der Waals surface area (Å²) in [6.07, 6.45) is 1.41. The molecular weight excluding hydrogens is 514 g/mol. The second kappa shape index (κ2) is 12.6. The standard InChI is InChI=1S/C26H26BrN3O5/c1-4-34-23-14-18(13-22(27)24(23)35-16-19-8-6-5-7-17(19)2)15-28-30-26(32)25(31)29-20-9-11-21(33-3)12-10-20/h5-15H,4,16H2,1-3H3,(H,29,31)(H,30,32)/b28-15+. The van der Waals surface area contributed by atoms with Gasteiger partial charge in [-0.1, -0.05) is 24.3 Å². The minimum atomic E-state index is -0.903. The lowest BCUT2D eigenvalue weighted by molar-refractivity contribution is -0.136. The number of methoxy groups -OCH3 is 1. The van der Waals surface area contributed by atoms with Crippen LogP contribution in [-0.4, -0.2) is 31.7 Å². The topological polar surface area (TPSA) is 98.2 Å². The monoisotopic (exact) mass is 539 g/mol. The van der Waals surface area contributed by atoms with Crippen LogP contribution in [0.2, 0.25) is 0 Å². The first-order chi connectivity index (χ1) is 16.9. The predicted molar refractivity (Wildman–Crippen MR) is 138 cm³/mol. The van der Waals surface area contributed by atoms with E-state index in [1.54, 1.807) is 43.5 Å². The predicted octanol–water partition coefficient (Wildman–Crippen LogP) is 4.83. The number of nitrogens with one attached hydrogen (secondary N) is 2. The largest absolute Gasteiger partial charge is 0.497 e. The molecule has 35 heavy (non-hydrogen) atoms. The number of aryl methyl sites for hydroxylation is 1. The maximum Gasteiger partial charge on any atom is 0.329 e. The number of nitrogens with zero attached hydrogens (tertiary/aromatic N) is 1. The van der Waals surface area contributed by atoms with Crippen molar-refractivity contribution in [3.8, 4) is 17.2 Å². The molecule has 3 aromatic carbocycles. The van der Waals surface area contributed by atoms with E-state index < -0.39 is 11.8 Å². The van der Waals surface area contributed by atoms with Crippen LogP contribution in [0.5, 0.6) is 17.2 Å². The Morgan fingerprint density at radius 1 is 1.03 bits per heavy atom. The van der Waals surface area contributed by atoms with Gasteiger partial charge in [0.05, 0.1) is 24.4 Å². The SMILES string of the molecule is CCOc1cc(/C=N/NC(=O)C(=O)Nc2ccc(OC)cc2)cc(Br)c1OCc1ccccc1C. The molecule has 0 unspecified atom stereocenters. The maximum atomic E-state index is 12.1. The quantitative estimate of drug-likeness (QED) is 0.230. The summed E-state index contributed by atoms with van der Waals surface area (Å²) in [5, 5.41) is 6.38. The number of carbonyl (C=O) groups excluding carboxylic acids is 2. The number of benzene rings is 3. The van der Waals surface area contributed by atoms with E-state index in [-0.39, 0.29) is 0 Å². The molecule has 0 atom stereocenters. The average molecular weight is 540 g/mol. The number of halogens is 1. The Labute approximate surface area is 212 Å². The maximum absolute atomic E-state index is 12.1. The van der Waals surface area contributed by atoms with Gasteiger partial charge in [-0.15, -0.1) is 0 Å². The number of hydrogen-bond donors (Lipinski definition) is 2. The van der Waals surface area contributed by atoms with E-state index in [4.69, 9.17) is 14.2 Å². The van der Waals surface area contributed by atoms with Crippen molar-refractivity contribution >= 4 is 39.6 Å². The molecule has 0 heterocycles. The molecule has 9 heteroatoms. The molecular formula is C26H26BrN3O5. The van der Waals surface area contributed by atoms with Crippen molar-refractivity contribution in [3.63, 3.8) is 0 Å². The summed E-state index contributed by atoms with van der Waals surface area (Å²) >= 11 is 3.52. The zero-order valence-corrected chi connectivity index (χ0v) is 21.2. The van der Waals surface area contributed by atoms with Crippen LogP contribution in [0.25, 0.3) is 0 Å². The summed E-state index contributed by atoms with van der Waals surface area (Å²) in [5.41, 5.74) is 5.53. The molecule has 3 aromatic rings. The third kappa shape index (κ3) is 7.31. The van der Waals surface area contributed by atoms with E-state index in [2.05, 4.69) is 31.8 Å². The molecule has 0 fully saturated rings. The summed E-state index contributed by atoms with van der Waals surface area (Å²) < 4.78 is 17.5. The van der Waals surface area contributed by atoms with E-state index in [9.17, 15) is 9.59 Å². The fourth-order valence-corrected chi connectivity index (χ4v) is 3.64. The van der Waals surface area contributed by atoms with Gasteiger partial charge in [0.1, 0.15) is 12.4 Å². The third-order valence-electron chi connectivity index (χ3n) is 4.90. The highest BCUT2D eigenvalue weighted by Gasteiger charge is 2.14. The van der Waals surface area contributed by atoms with Gasteiger partial charge < -0.3 is 19.5 Å². The first-order valence-electron chi connectivity index (χ1n) is 10.8. The van der Waals surface area contributed by atoms with Crippen molar-refractivity contribution in [1.29, 1.82) is 0 Å². The van der Waals surface area contributed by atoms with Gasteiger partial charge in [0, 0.05) is 5.69 Å². The van der Waals surface area contributed by atoms with Crippen LogP contribution in [-0.2, 0) is 16.2 Å². The molecule has 0 saturated carbocycles.